The first-order valence-electron chi connectivity index (χ1n) is 9.66. The third-order valence-electron chi connectivity index (χ3n) is 5.01. The summed E-state index contributed by atoms with van der Waals surface area (Å²) in [7, 11) is 1.82. The molecule has 0 radical (unpaired) electrons. The number of hydrogen-bond acceptors (Lipinski definition) is 2. The van der Waals surface area contributed by atoms with Gasteiger partial charge >= 0.3 is 148 Å². The van der Waals surface area contributed by atoms with Gasteiger partial charge < -0.3 is 0 Å². The summed E-state index contributed by atoms with van der Waals surface area (Å²) in [6.45, 7) is 7.68. The SMILES string of the molecule is CCC[CH2][Sn]([CH]=CCC1CN(C)C(=O)O1)([CH2]CCC)[CH2]CCC. The number of cyclic esters (lactones) is 1. The molecule has 0 N–H and O–H groups in total. The second kappa shape index (κ2) is 11.4. The molecular weight excluding hydrogens is 393 g/mol. The molecule has 1 fully saturated rings. The Balaban J connectivity index is 2.67. The van der Waals surface area contributed by atoms with Gasteiger partial charge in [0.15, 0.2) is 0 Å². The van der Waals surface area contributed by atoms with Crippen molar-refractivity contribution in [3.8, 4) is 0 Å². The van der Waals surface area contributed by atoms with E-state index in [1.165, 1.54) is 51.8 Å². The molecule has 0 aromatic carbocycles. The standard InChI is InChI=1S/C7H10NO2.3C4H9.Sn/c1-3-4-6-5-8(2)7(9)10-6;3*1-3-4-2;/h1,3,6H,4-5H2,2H3;3*1,3-4H2,2H3;. The normalized spacial score (nSPS) is 18.9. The van der Waals surface area contributed by atoms with Gasteiger partial charge in [0.05, 0.1) is 0 Å². The number of carbonyl (C=O) groups excluding carboxylic acids is 1. The average Bonchev–Trinajstić information content (AvgIpc) is 2.86. The fraction of sp³-hybridized carbons (Fsp3) is 0.842. The molecule has 1 aliphatic rings. The molecule has 0 saturated carbocycles. The van der Waals surface area contributed by atoms with Crippen LogP contribution in [-0.2, 0) is 4.74 Å². The Labute approximate surface area is 147 Å². The van der Waals surface area contributed by atoms with Crippen molar-refractivity contribution in [2.45, 2.75) is 85.1 Å². The molecule has 134 valence electrons. The maximum absolute atomic E-state index is 11.5. The van der Waals surface area contributed by atoms with E-state index in [-0.39, 0.29) is 12.2 Å². The molecule has 1 aliphatic heterocycles. The molecule has 0 spiro atoms. The topological polar surface area (TPSA) is 29.5 Å². The van der Waals surface area contributed by atoms with Crippen molar-refractivity contribution in [1.82, 2.24) is 4.90 Å². The number of amides is 1. The van der Waals surface area contributed by atoms with Crippen LogP contribution in [0, 0.1) is 0 Å². The maximum atomic E-state index is 11.5. The van der Waals surface area contributed by atoms with Crippen molar-refractivity contribution in [3.05, 3.63) is 10.2 Å². The summed E-state index contributed by atoms with van der Waals surface area (Å²) in [6, 6.07) is 0. The van der Waals surface area contributed by atoms with E-state index in [0.717, 1.165) is 13.0 Å². The molecule has 0 bridgehead atoms. The summed E-state index contributed by atoms with van der Waals surface area (Å²) >= 11 is -2.15. The van der Waals surface area contributed by atoms with E-state index >= 15 is 0 Å². The number of ether oxygens (including phenoxy) is 1. The van der Waals surface area contributed by atoms with Gasteiger partial charge in [0.2, 0.25) is 0 Å². The number of likely N-dealkylation sites (N-methyl/N-ethyl adjacent to an activating group) is 1. The van der Waals surface area contributed by atoms with Gasteiger partial charge in [-0.05, 0) is 0 Å². The summed E-state index contributed by atoms with van der Waals surface area (Å²) in [5, 5.41) is 0. The first-order valence-corrected chi connectivity index (χ1v) is 17.4. The van der Waals surface area contributed by atoms with Gasteiger partial charge in [-0.25, -0.2) is 0 Å². The third kappa shape index (κ3) is 7.49. The molecule has 1 amide bonds. The number of rotatable bonds is 12. The number of unbranched alkanes of at least 4 members (excludes halogenated alkanes) is 3. The van der Waals surface area contributed by atoms with Crippen molar-refractivity contribution < 1.29 is 9.53 Å². The number of carbonyl (C=O) groups is 1. The number of nitrogens with zero attached hydrogens (tertiary/aromatic N) is 1. The fourth-order valence-corrected chi connectivity index (χ4v) is 17.9. The van der Waals surface area contributed by atoms with Crippen LogP contribution < -0.4 is 0 Å². The van der Waals surface area contributed by atoms with Crippen LogP contribution in [0.15, 0.2) is 10.2 Å². The predicted molar refractivity (Wildman–Crippen MR) is 102 cm³/mol. The molecule has 1 saturated heterocycles. The molecule has 1 rings (SSSR count). The van der Waals surface area contributed by atoms with E-state index in [0.29, 0.717) is 0 Å². The molecule has 1 atom stereocenters. The Hall–Kier alpha value is -0.191. The van der Waals surface area contributed by atoms with E-state index in [1.54, 1.807) is 4.90 Å². The minimum atomic E-state index is -2.15. The Morgan fingerprint density at radius 3 is 2.00 bits per heavy atom. The van der Waals surface area contributed by atoms with Crippen LogP contribution in [0.1, 0.15) is 65.7 Å². The average molecular weight is 430 g/mol. The third-order valence-corrected chi connectivity index (χ3v) is 19.3. The Morgan fingerprint density at radius 2 is 1.61 bits per heavy atom. The van der Waals surface area contributed by atoms with Crippen LogP contribution >= 0.6 is 0 Å². The van der Waals surface area contributed by atoms with E-state index in [1.807, 2.05) is 7.05 Å². The van der Waals surface area contributed by atoms with E-state index < -0.39 is 18.4 Å². The zero-order chi connectivity index (χ0) is 17.1. The Kier molecular flexibility index (Phi) is 10.3. The van der Waals surface area contributed by atoms with Crippen molar-refractivity contribution in [2.75, 3.05) is 13.6 Å². The molecule has 0 aromatic heterocycles. The summed E-state index contributed by atoms with van der Waals surface area (Å²) < 4.78 is 12.6. The van der Waals surface area contributed by atoms with Gasteiger partial charge in [-0.15, -0.1) is 0 Å². The van der Waals surface area contributed by atoms with Gasteiger partial charge in [-0.1, -0.05) is 0 Å². The monoisotopic (exact) mass is 431 g/mol. The Bertz CT molecular complexity index is 349. The van der Waals surface area contributed by atoms with E-state index in [9.17, 15) is 4.79 Å². The van der Waals surface area contributed by atoms with Crippen molar-refractivity contribution in [2.24, 2.45) is 0 Å². The zero-order valence-corrected chi connectivity index (χ0v) is 18.6. The molecule has 4 heteroatoms. The van der Waals surface area contributed by atoms with Crippen LogP contribution in [0.5, 0.6) is 0 Å². The van der Waals surface area contributed by atoms with Crippen LogP contribution in [0.25, 0.3) is 0 Å². The summed E-state index contributed by atoms with van der Waals surface area (Å²) in [4.78, 5) is 13.1. The molecule has 3 nitrogen and oxygen atoms in total. The van der Waals surface area contributed by atoms with E-state index in [2.05, 4.69) is 30.9 Å². The summed E-state index contributed by atoms with van der Waals surface area (Å²) in [6.07, 6.45) is 11.3. The zero-order valence-electron chi connectivity index (χ0n) is 15.8. The van der Waals surface area contributed by atoms with Crippen molar-refractivity contribution in [3.63, 3.8) is 0 Å². The van der Waals surface area contributed by atoms with Crippen LogP contribution in [0.4, 0.5) is 4.79 Å². The Morgan fingerprint density at radius 1 is 1.09 bits per heavy atom. The van der Waals surface area contributed by atoms with Gasteiger partial charge in [-0.2, -0.15) is 0 Å². The van der Waals surface area contributed by atoms with Gasteiger partial charge in [0, 0.05) is 0 Å². The summed E-state index contributed by atoms with van der Waals surface area (Å²) in [5.74, 6) is 0. The van der Waals surface area contributed by atoms with Gasteiger partial charge in [0.25, 0.3) is 0 Å². The predicted octanol–water partition coefficient (Wildman–Crippen LogP) is 5.77. The molecular formula is C19H37NO2Sn. The second-order valence-electron chi connectivity index (χ2n) is 7.20. The van der Waals surface area contributed by atoms with Crippen LogP contribution in [-0.4, -0.2) is 49.1 Å². The molecule has 23 heavy (non-hydrogen) atoms. The molecule has 0 aliphatic carbocycles. The van der Waals surface area contributed by atoms with Crippen molar-refractivity contribution >= 4 is 24.5 Å². The first kappa shape index (κ1) is 20.9. The molecule has 1 heterocycles. The first-order chi connectivity index (χ1) is 11.1. The molecule has 0 aromatic rings. The second-order valence-corrected chi connectivity index (χ2v) is 20.2. The quantitative estimate of drug-likeness (QED) is 0.368. The minimum absolute atomic E-state index is 0.0660. The number of hydrogen-bond donors (Lipinski definition) is 0. The van der Waals surface area contributed by atoms with Gasteiger partial charge in [-0.3, -0.25) is 0 Å². The molecule has 1 unspecified atom stereocenters. The van der Waals surface area contributed by atoms with Crippen LogP contribution in [0.2, 0.25) is 13.3 Å². The van der Waals surface area contributed by atoms with Gasteiger partial charge in [0.1, 0.15) is 0 Å². The fourth-order valence-electron chi connectivity index (χ4n) is 3.45. The summed E-state index contributed by atoms with van der Waals surface area (Å²) in [5.41, 5.74) is 0. The van der Waals surface area contributed by atoms with Crippen molar-refractivity contribution in [1.29, 1.82) is 0 Å². The van der Waals surface area contributed by atoms with E-state index in [4.69, 9.17) is 4.74 Å². The van der Waals surface area contributed by atoms with Crippen LogP contribution in [0.3, 0.4) is 0 Å².